The van der Waals surface area contributed by atoms with E-state index in [4.69, 9.17) is 9.84 Å². The van der Waals surface area contributed by atoms with E-state index >= 15 is 0 Å². The van der Waals surface area contributed by atoms with E-state index < -0.39 is 6.04 Å². The van der Waals surface area contributed by atoms with Crippen LogP contribution in [-0.2, 0) is 9.53 Å². The van der Waals surface area contributed by atoms with Crippen molar-refractivity contribution in [3.63, 3.8) is 0 Å². The van der Waals surface area contributed by atoms with Crippen molar-refractivity contribution in [2.45, 2.75) is 26.3 Å². The molecule has 1 aliphatic heterocycles. The molecule has 0 fully saturated rings. The molecule has 156 valence electrons. The molecule has 31 heavy (non-hydrogen) atoms. The summed E-state index contributed by atoms with van der Waals surface area (Å²) in [5.41, 5.74) is 3.85. The number of benzene rings is 2. The number of aryl methyl sites for hydroxylation is 1. The minimum Gasteiger partial charge on any atom is -0.464 e. The van der Waals surface area contributed by atoms with Crippen LogP contribution in [0.15, 0.2) is 64.2 Å². The number of hydrazone groups is 1. The molecule has 1 atom stereocenters. The Balaban J connectivity index is 1.84. The predicted molar refractivity (Wildman–Crippen MR) is 121 cm³/mol. The molecule has 1 aromatic heterocycles. The summed E-state index contributed by atoms with van der Waals surface area (Å²) < 4.78 is 7.96. The van der Waals surface area contributed by atoms with Gasteiger partial charge in [-0.05, 0) is 50.2 Å². The molecule has 0 amide bonds. The first-order valence-corrected chi connectivity index (χ1v) is 10.7. The van der Waals surface area contributed by atoms with E-state index in [2.05, 4.69) is 27.1 Å². The van der Waals surface area contributed by atoms with Crippen LogP contribution in [0.3, 0.4) is 0 Å². The highest BCUT2D eigenvalue weighted by Gasteiger charge is 2.37. The van der Waals surface area contributed by atoms with E-state index in [0.29, 0.717) is 29.1 Å². The fourth-order valence-corrected chi connectivity index (χ4v) is 3.86. The minimum atomic E-state index is -0.623. The molecule has 1 aliphatic rings. The predicted octanol–water partition coefficient (Wildman–Crippen LogP) is 4.36. The molecule has 0 saturated carbocycles. The quantitative estimate of drug-likeness (QED) is 0.509. The number of para-hydroxylation sites is 1. The Morgan fingerprint density at radius 3 is 2.55 bits per heavy atom. The van der Waals surface area contributed by atoms with Gasteiger partial charge in [-0.2, -0.15) is 15.5 Å². The lowest BCUT2D eigenvalue weighted by molar-refractivity contribution is -0.144. The molecule has 3 aromatic rings. The van der Waals surface area contributed by atoms with Crippen molar-refractivity contribution in [1.29, 1.82) is 5.26 Å². The fraction of sp³-hybridized carbons (Fsp3) is 0.217. The van der Waals surface area contributed by atoms with Gasteiger partial charge in [0.25, 0.3) is 0 Å². The van der Waals surface area contributed by atoms with Gasteiger partial charge in [0, 0.05) is 10.9 Å². The summed E-state index contributed by atoms with van der Waals surface area (Å²) in [4.78, 5) is 12.8. The highest BCUT2D eigenvalue weighted by Crippen LogP contribution is 2.31. The molecule has 8 heteroatoms. The first-order valence-electron chi connectivity index (χ1n) is 9.88. The van der Waals surface area contributed by atoms with Crippen molar-refractivity contribution in [2.24, 2.45) is 5.10 Å². The number of ether oxygens (including phenoxy) is 1. The Morgan fingerprint density at radius 1 is 1.19 bits per heavy atom. The maximum absolute atomic E-state index is 12.8. The maximum atomic E-state index is 12.8. The Labute approximate surface area is 188 Å². The number of hydrogen-bond acceptors (Lipinski definition) is 6. The Morgan fingerprint density at radius 2 is 1.90 bits per heavy atom. The van der Waals surface area contributed by atoms with Gasteiger partial charge >= 0.3 is 5.97 Å². The lowest BCUT2D eigenvalue weighted by Crippen LogP contribution is -2.36. The molecular weight excluding hydrogens is 458 g/mol. The molecule has 2 aromatic carbocycles. The van der Waals surface area contributed by atoms with Crippen molar-refractivity contribution in [3.05, 3.63) is 76.0 Å². The number of anilines is 1. The molecule has 4 rings (SSSR count). The Hall–Kier alpha value is -3.44. The normalized spacial score (nSPS) is 15.5. The van der Waals surface area contributed by atoms with Gasteiger partial charge in [-0.1, -0.05) is 34.1 Å². The molecule has 7 nitrogen and oxygen atoms in total. The van der Waals surface area contributed by atoms with E-state index in [1.165, 1.54) is 0 Å². The monoisotopic (exact) mass is 477 g/mol. The number of esters is 1. The van der Waals surface area contributed by atoms with Crippen molar-refractivity contribution in [1.82, 2.24) is 9.78 Å². The number of nitriles is 1. The number of halogens is 1. The van der Waals surface area contributed by atoms with Crippen LogP contribution in [0.1, 0.15) is 30.3 Å². The molecule has 0 N–H and O–H groups in total. The lowest BCUT2D eigenvalue weighted by Gasteiger charge is -2.21. The second-order valence-corrected chi connectivity index (χ2v) is 7.92. The van der Waals surface area contributed by atoms with Gasteiger partial charge in [0.1, 0.15) is 17.3 Å². The van der Waals surface area contributed by atoms with Crippen LogP contribution in [-0.4, -0.2) is 34.1 Å². The summed E-state index contributed by atoms with van der Waals surface area (Å²) in [6.45, 7) is 3.86. The molecule has 0 saturated heterocycles. The van der Waals surface area contributed by atoms with E-state index in [1.54, 1.807) is 23.5 Å². The van der Waals surface area contributed by atoms with Crippen LogP contribution < -0.4 is 5.01 Å². The average Bonchev–Trinajstić information content (AvgIpc) is 3.36. The number of hydrogen-bond donors (Lipinski definition) is 0. The number of carbonyl (C=O) groups excluding carboxylic acids is 1. The van der Waals surface area contributed by atoms with E-state index in [1.807, 2.05) is 54.6 Å². The van der Waals surface area contributed by atoms with Gasteiger partial charge in [0.2, 0.25) is 0 Å². The second-order valence-electron chi connectivity index (χ2n) is 7.01. The third kappa shape index (κ3) is 3.97. The highest BCUT2D eigenvalue weighted by molar-refractivity contribution is 9.10. The Kier molecular flexibility index (Phi) is 5.87. The number of carbonyl (C=O) groups is 1. The largest absolute Gasteiger partial charge is 0.464 e. The topological polar surface area (TPSA) is 83.5 Å². The summed E-state index contributed by atoms with van der Waals surface area (Å²) >= 11 is 3.43. The van der Waals surface area contributed by atoms with Gasteiger partial charge in [0.05, 0.1) is 29.4 Å². The molecule has 0 radical (unpaired) electrons. The summed E-state index contributed by atoms with van der Waals surface area (Å²) in [7, 11) is 0. The van der Waals surface area contributed by atoms with Gasteiger partial charge in [0.15, 0.2) is 6.04 Å². The molecule has 2 heterocycles. The number of nitrogens with zero attached hydrogens (tertiary/aromatic N) is 5. The number of aromatic nitrogens is 2. The van der Waals surface area contributed by atoms with Crippen molar-refractivity contribution in [2.75, 3.05) is 11.6 Å². The molecular formula is C23H20BrN5O2. The Bertz CT molecular complexity index is 1180. The summed E-state index contributed by atoms with van der Waals surface area (Å²) in [5.74, 6) is -0.356. The smallest absolute Gasteiger partial charge is 0.331 e. The molecule has 0 bridgehead atoms. The van der Waals surface area contributed by atoms with Gasteiger partial charge in [-0.25, -0.2) is 9.48 Å². The third-order valence-corrected chi connectivity index (χ3v) is 5.54. The van der Waals surface area contributed by atoms with Crippen LogP contribution in [0.4, 0.5) is 5.69 Å². The van der Waals surface area contributed by atoms with Crippen LogP contribution in [0, 0.1) is 18.3 Å². The zero-order chi connectivity index (χ0) is 22.0. The van der Waals surface area contributed by atoms with E-state index in [-0.39, 0.29) is 12.6 Å². The first-order chi connectivity index (χ1) is 15.0. The average molecular weight is 478 g/mol. The molecule has 1 unspecified atom stereocenters. The number of rotatable bonds is 5. The third-order valence-electron chi connectivity index (χ3n) is 5.01. The van der Waals surface area contributed by atoms with E-state index in [0.717, 1.165) is 15.8 Å². The second kappa shape index (κ2) is 8.74. The molecule has 0 spiro atoms. The summed E-state index contributed by atoms with van der Waals surface area (Å²) in [5, 5.41) is 20.8. The standard InChI is InChI=1S/C23H20BrN5O2/c1-3-31-23(30)21-13-20(27-28(21)18-11-9-16(24)10-12-18)22-19(14-25)15(2)26-29(22)17-7-5-4-6-8-17/h4-12,21H,3,13H2,1-2H3. The lowest BCUT2D eigenvalue weighted by atomic mass is 10.0. The molecule has 0 aliphatic carbocycles. The van der Waals surface area contributed by atoms with Crippen LogP contribution >= 0.6 is 15.9 Å². The summed E-state index contributed by atoms with van der Waals surface area (Å²) in [6, 6.07) is 18.8. The maximum Gasteiger partial charge on any atom is 0.331 e. The zero-order valence-electron chi connectivity index (χ0n) is 17.1. The highest BCUT2D eigenvalue weighted by atomic mass is 79.9. The van der Waals surface area contributed by atoms with E-state index in [9.17, 15) is 10.1 Å². The van der Waals surface area contributed by atoms with Gasteiger partial charge < -0.3 is 4.74 Å². The first kappa shape index (κ1) is 20.8. The van der Waals surface area contributed by atoms with Crippen molar-refractivity contribution < 1.29 is 9.53 Å². The van der Waals surface area contributed by atoms with Gasteiger partial charge in [-0.3, -0.25) is 5.01 Å². The van der Waals surface area contributed by atoms with Crippen molar-refractivity contribution >= 4 is 33.3 Å². The summed E-state index contributed by atoms with van der Waals surface area (Å²) in [6.07, 6.45) is 0.307. The van der Waals surface area contributed by atoms with Crippen molar-refractivity contribution in [3.8, 4) is 11.8 Å². The minimum absolute atomic E-state index is 0.281. The van der Waals surface area contributed by atoms with Crippen LogP contribution in [0.5, 0.6) is 0 Å². The SMILES string of the molecule is CCOC(=O)C1CC(c2c(C#N)c(C)nn2-c2ccccc2)=NN1c1ccc(Br)cc1. The van der Waals surface area contributed by atoms with Crippen LogP contribution in [0.2, 0.25) is 0 Å². The van der Waals surface area contributed by atoms with Gasteiger partial charge in [-0.15, -0.1) is 0 Å². The zero-order valence-corrected chi connectivity index (χ0v) is 18.7. The van der Waals surface area contributed by atoms with Crippen LogP contribution in [0.25, 0.3) is 5.69 Å². The fourth-order valence-electron chi connectivity index (χ4n) is 3.59.